The lowest BCUT2D eigenvalue weighted by Crippen LogP contribution is -2.58. The molecule has 0 aliphatic carbocycles. The molecule has 1 atom stereocenters. The predicted molar refractivity (Wildman–Crippen MR) is 97.3 cm³/mol. The lowest BCUT2D eigenvalue weighted by Gasteiger charge is -2.37. The van der Waals surface area contributed by atoms with Gasteiger partial charge in [-0.25, -0.2) is 0 Å². The molecule has 0 saturated carbocycles. The summed E-state index contributed by atoms with van der Waals surface area (Å²) in [5.74, 6) is -0.147. The molecule has 0 spiro atoms. The minimum Gasteiger partial charge on any atom is -0.354 e. The fourth-order valence-electron chi connectivity index (χ4n) is 3.57. The largest absolute Gasteiger partial charge is 0.354 e. The second kappa shape index (κ2) is 8.47. The highest BCUT2D eigenvalue weighted by atomic mass is 16.2. The fourth-order valence-corrected chi connectivity index (χ4v) is 3.57. The quantitative estimate of drug-likeness (QED) is 0.762. The van der Waals surface area contributed by atoms with Gasteiger partial charge < -0.3 is 10.6 Å². The molecule has 25 heavy (non-hydrogen) atoms. The Morgan fingerprint density at radius 3 is 2.72 bits per heavy atom. The lowest BCUT2D eigenvalue weighted by molar-refractivity contribution is -0.134. The maximum Gasteiger partial charge on any atom is 0.237 e. The molecule has 1 aromatic heterocycles. The van der Waals surface area contributed by atoms with Crippen molar-refractivity contribution >= 4 is 11.8 Å². The monoisotopic (exact) mass is 349 g/mol. The van der Waals surface area contributed by atoms with Crippen LogP contribution in [0.1, 0.15) is 44.1 Å². The Labute approximate surface area is 150 Å². The summed E-state index contributed by atoms with van der Waals surface area (Å²) in [6.45, 7) is 12.9. The second-order valence-corrected chi connectivity index (χ2v) is 6.92. The highest BCUT2D eigenvalue weighted by Gasteiger charge is 2.32. The topological polar surface area (TPSA) is 79.3 Å². The molecule has 0 unspecified atom stereocenters. The Morgan fingerprint density at radius 2 is 2.12 bits per heavy atom. The van der Waals surface area contributed by atoms with E-state index >= 15 is 0 Å². The van der Waals surface area contributed by atoms with Crippen LogP contribution in [0.15, 0.2) is 0 Å². The zero-order valence-electron chi connectivity index (χ0n) is 16.1. The maximum atomic E-state index is 12.3. The van der Waals surface area contributed by atoms with Crippen molar-refractivity contribution in [1.29, 1.82) is 0 Å². The molecule has 1 fully saturated rings. The molecule has 2 N–H and O–H groups in total. The van der Waals surface area contributed by atoms with Gasteiger partial charge in [-0.05, 0) is 39.7 Å². The number of amides is 2. The molecule has 1 aliphatic heterocycles. The lowest BCUT2D eigenvalue weighted by atomic mass is 10.1. The number of hydrogen-bond acceptors (Lipinski definition) is 4. The average Bonchev–Trinajstić information content (AvgIpc) is 2.82. The minimum absolute atomic E-state index is 0.0544. The van der Waals surface area contributed by atoms with Crippen molar-refractivity contribution in [2.75, 3.05) is 19.6 Å². The summed E-state index contributed by atoms with van der Waals surface area (Å²) in [5.41, 5.74) is 3.49. The molecule has 1 saturated heterocycles. The molecular weight excluding hydrogens is 318 g/mol. The predicted octanol–water partition coefficient (Wildman–Crippen LogP) is 0.777. The molecule has 2 amide bonds. The Morgan fingerprint density at radius 1 is 1.40 bits per heavy atom. The van der Waals surface area contributed by atoms with Crippen molar-refractivity contribution < 1.29 is 9.59 Å². The Balaban J connectivity index is 1.87. The van der Waals surface area contributed by atoms with Gasteiger partial charge in [0, 0.05) is 31.4 Å². The molecule has 2 heterocycles. The van der Waals surface area contributed by atoms with Gasteiger partial charge in [-0.1, -0.05) is 6.92 Å². The zero-order chi connectivity index (χ0) is 18.6. The van der Waals surface area contributed by atoms with Gasteiger partial charge in [0.1, 0.15) is 0 Å². The van der Waals surface area contributed by atoms with Crippen molar-refractivity contribution in [3.63, 3.8) is 0 Å². The maximum absolute atomic E-state index is 12.3. The fraction of sp³-hybridized carbons (Fsp3) is 0.722. The first kappa shape index (κ1) is 19.4. The SMILES string of the molecule is CCc1c(C)nn(CCNC(=O)C[C@@H]2C(=O)NCCN2C(C)C)c1C. The van der Waals surface area contributed by atoms with Gasteiger partial charge in [0.25, 0.3) is 0 Å². The van der Waals surface area contributed by atoms with Gasteiger partial charge in [0.2, 0.25) is 11.8 Å². The number of aromatic nitrogens is 2. The summed E-state index contributed by atoms with van der Waals surface area (Å²) in [7, 11) is 0. The van der Waals surface area contributed by atoms with E-state index in [-0.39, 0.29) is 30.3 Å². The summed E-state index contributed by atoms with van der Waals surface area (Å²) in [6, 6.07) is -0.139. The highest BCUT2D eigenvalue weighted by molar-refractivity contribution is 5.88. The molecule has 0 aromatic carbocycles. The van der Waals surface area contributed by atoms with Gasteiger partial charge in [-0.3, -0.25) is 19.2 Å². The van der Waals surface area contributed by atoms with Crippen molar-refractivity contribution in [3.05, 3.63) is 17.0 Å². The van der Waals surface area contributed by atoms with Crippen molar-refractivity contribution in [2.24, 2.45) is 0 Å². The first-order valence-corrected chi connectivity index (χ1v) is 9.18. The van der Waals surface area contributed by atoms with E-state index in [2.05, 4.69) is 48.3 Å². The molecule has 1 aliphatic rings. The molecule has 7 heteroatoms. The van der Waals surface area contributed by atoms with Crippen LogP contribution in [0.4, 0.5) is 0 Å². The third-order valence-corrected chi connectivity index (χ3v) is 4.94. The van der Waals surface area contributed by atoms with Crippen LogP contribution >= 0.6 is 0 Å². The van der Waals surface area contributed by atoms with E-state index in [4.69, 9.17) is 0 Å². The summed E-state index contributed by atoms with van der Waals surface area (Å²) >= 11 is 0. The smallest absolute Gasteiger partial charge is 0.237 e. The average molecular weight is 349 g/mol. The molecule has 0 radical (unpaired) electrons. The summed E-state index contributed by atoms with van der Waals surface area (Å²) in [5, 5.41) is 10.3. The number of piperazine rings is 1. The minimum atomic E-state index is -0.380. The number of hydrogen-bond donors (Lipinski definition) is 2. The van der Waals surface area contributed by atoms with Gasteiger partial charge in [0.05, 0.1) is 24.7 Å². The first-order valence-electron chi connectivity index (χ1n) is 9.18. The van der Waals surface area contributed by atoms with Crippen molar-refractivity contribution in [3.8, 4) is 0 Å². The van der Waals surface area contributed by atoms with Crippen LogP contribution in [0.2, 0.25) is 0 Å². The van der Waals surface area contributed by atoms with E-state index in [1.807, 2.05) is 11.6 Å². The van der Waals surface area contributed by atoms with Crippen molar-refractivity contribution in [1.82, 2.24) is 25.3 Å². The van der Waals surface area contributed by atoms with Crippen LogP contribution < -0.4 is 10.6 Å². The van der Waals surface area contributed by atoms with E-state index in [0.29, 0.717) is 19.6 Å². The van der Waals surface area contributed by atoms with Crippen LogP contribution in [0.3, 0.4) is 0 Å². The van der Waals surface area contributed by atoms with E-state index < -0.39 is 0 Å². The van der Waals surface area contributed by atoms with Crippen molar-refractivity contribution in [2.45, 2.75) is 66.1 Å². The molecule has 7 nitrogen and oxygen atoms in total. The van der Waals surface area contributed by atoms with Gasteiger partial charge >= 0.3 is 0 Å². The van der Waals surface area contributed by atoms with E-state index in [0.717, 1.165) is 24.4 Å². The van der Waals surface area contributed by atoms with Crippen LogP contribution in [0.25, 0.3) is 0 Å². The second-order valence-electron chi connectivity index (χ2n) is 6.92. The summed E-state index contributed by atoms with van der Waals surface area (Å²) in [6.07, 6.45) is 1.16. The van der Waals surface area contributed by atoms with E-state index in [1.54, 1.807) is 0 Å². The van der Waals surface area contributed by atoms with Gasteiger partial charge in [0.15, 0.2) is 0 Å². The van der Waals surface area contributed by atoms with Gasteiger partial charge in [-0.15, -0.1) is 0 Å². The van der Waals surface area contributed by atoms with Crippen LogP contribution in [-0.2, 0) is 22.6 Å². The molecule has 1 aromatic rings. The Kier molecular flexibility index (Phi) is 6.58. The van der Waals surface area contributed by atoms with Crippen LogP contribution in [-0.4, -0.2) is 58.2 Å². The highest BCUT2D eigenvalue weighted by Crippen LogP contribution is 2.14. The van der Waals surface area contributed by atoms with E-state index in [1.165, 1.54) is 5.56 Å². The first-order chi connectivity index (χ1) is 11.8. The number of rotatable bonds is 7. The summed E-state index contributed by atoms with van der Waals surface area (Å²) in [4.78, 5) is 26.5. The number of aryl methyl sites for hydroxylation is 1. The van der Waals surface area contributed by atoms with Crippen LogP contribution in [0.5, 0.6) is 0 Å². The standard InChI is InChI=1S/C18H31N5O2/c1-6-15-13(4)21-23(14(15)5)10-8-19-17(24)11-16-18(25)20-7-9-22(16)12(2)3/h12,16H,6-11H2,1-5H3,(H,19,24)(H,20,25)/t16-/m1/s1. The third-order valence-electron chi connectivity index (χ3n) is 4.94. The van der Waals surface area contributed by atoms with E-state index in [9.17, 15) is 9.59 Å². The molecule has 2 rings (SSSR count). The number of carbonyl (C=O) groups excluding carboxylic acids is 2. The number of nitrogens with zero attached hydrogens (tertiary/aromatic N) is 3. The Hall–Kier alpha value is -1.89. The normalized spacial score (nSPS) is 18.5. The molecule has 140 valence electrons. The van der Waals surface area contributed by atoms with Gasteiger partial charge in [-0.2, -0.15) is 5.10 Å². The number of nitrogens with one attached hydrogen (secondary N) is 2. The third kappa shape index (κ3) is 4.60. The molecule has 0 bridgehead atoms. The summed E-state index contributed by atoms with van der Waals surface area (Å²) < 4.78 is 1.95. The Bertz CT molecular complexity index is 623. The zero-order valence-corrected chi connectivity index (χ0v) is 16.1. The van der Waals surface area contributed by atoms with Crippen LogP contribution in [0, 0.1) is 13.8 Å². The number of carbonyl (C=O) groups is 2. The molecular formula is C18H31N5O2.